The molecule has 0 amide bonds. The van der Waals surface area contributed by atoms with Gasteiger partial charge in [0.25, 0.3) is 0 Å². The molecule has 2 aliphatic rings. The maximum atomic E-state index is 6.19. The van der Waals surface area contributed by atoms with Gasteiger partial charge in [-0.3, -0.25) is 0 Å². The van der Waals surface area contributed by atoms with E-state index in [9.17, 15) is 0 Å². The fourth-order valence-electron chi connectivity index (χ4n) is 3.55. The molecule has 0 unspecified atom stereocenters. The smallest absolute Gasteiger partial charge is 0.137 e. The van der Waals surface area contributed by atoms with Crippen molar-refractivity contribution in [3.05, 3.63) is 65.8 Å². The first-order valence-corrected chi connectivity index (χ1v) is 9.90. The molecular formula is C25H26O4. The second-order valence-electron chi connectivity index (χ2n) is 7.58. The minimum absolute atomic E-state index is 0.309. The van der Waals surface area contributed by atoms with Gasteiger partial charge in [-0.15, -0.1) is 0 Å². The van der Waals surface area contributed by atoms with E-state index in [4.69, 9.17) is 18.9 Å². The predicted octanol–water partition coefficient (Wildman–Crippen LogP) is 5.77. The number of hydrogen-bond acceptors (Lipinski definition) is 4. The van der Waals surface area contributed by atoms with Gasteiger partial charge in [0.05, 0.1) is 12.2 Å². The molecule has 2 aromatic rings. The number of hydrogen-bond donors (Lipinski definition) is 0. The Balaban J connectivity index is 1.72. The van der Waals surface area contributed by atoms with Gasteiger partial charge in [0.1, 0.15) is 41.8 Å². The van der Waals surface area contributed by atoms with Crippen LogP contribution in [0.5, 0.6) is 23.0 Å². The van der Waals surface area contributed by atoms with Gasteiger partial charge in [-0.2, -0.15) is 0 Å². The lowest BCUT2D eigenvalue weighted by atomic mass is 9.95. The van der Waals surface area contributed by atoms with Crippen molar-refractivity contribution in [2.24, 2.45) is 0 Å². The van der Waals surface area contributed by atoms with Crippen LogP contribution in [0.4, 0.5) is 0 Å². The van der Waals surface area contributed by atoms with Crippen molar-refractivity contribution < 1.29 is 18.9 Å². The monoisotopic (exact) mass is 390 g/mol. The van der Waals surface area contributed by atoms with Gasteiger partial charge in [-0.05, 0) is 63.3 Å². The predicted molar refractivity (Wildman–Crippen MR) is 117 cm³/mol. The van der Waals surface area contributed by atoms with E-state index >= 15 is 0 Å². The lowest BCUT2D eigenvalue weighted by Gasteiger charge is -2.30. The summed E-state index contributed by atoms with van der Waals surface area (Å²) in [6.45, 7) is 11.3. The van der Waals surface area contributed by atoms with Crippen LogP contribution >= 0.6 is 0 Å². The summed E-state index contributed by atoms with van der Waals surface area (Å²) in [6.07, 6.45) is 8.04. The molecule has 0 fully saturated rings. The van der Waals surface area contributed by atoms with Crippen LogP contribution in [0.3, 0.4) is 0 Å². The van der Waals surface area contributed by atoms with E-state index in [0.29, 0.717) is 19.8 Å². The van der Waals surface area contributed by atoms with Crippen molar-refractivity contribution in [3.8, 4) is 23.0 Å². The summed E-state index contributed by atoms with van der Waals surface area (Å²) in [5.41, 5.74) is 3.76. The van der Waals surface area contributed by atoms with Crippen molar-refractivity contribution in [1.82, 2.24) is 0 Å². The average molecular weight is 390 g/mol. The molecule has 2 heterocycles. The van der Waals surface area contributed by atoms with Crippen LogP contribution in [0.25, 0.3) is 17.7 Å². The lowest BCUT2D eigenvalue weighted by molar-refractivity contribution is 0.158. The van der Waals surface area contributed by atoms with E-state index in [1.165, 1.54) is 0 Å². The Morgan fingerprint density at radius 2 is 2.03 bits per heavy atom. The Labute approximate surface area is 172 Å². The molecule has 0 bridgehead atoms. The van der Waals surface area contributed by atoms with Crippen molar-refractivity contribution in [3.63, 3.8) is 0 Å². The van der Waals surface area contributed by atoms with Crippen molar-refractivity contribution in [2.75, 3.05) is 19.8 Å². The normalized spacial score (nSPS) is 15.9. The molecular weight excluding hydrogens is 364 g/mol. The van der Waals surface area contributed by atoms with Crippen LogP contribution in [-0.4, -0.2) is 25.4 Å². The van der Waals surface area contributed by atoms with Crippen LogP contribution in [0, 0.1) is 0 Å². The van der Waals surface area contributed by atoms with Gasteiger partial charge in [-0.25, -0.2) is 0 Å². The molecule has 4 heteroatoms. The summed E-state index contributed by atoms with van der Waals surface area (Å²) in [5.74, 6) is 3.26. The molecule has 0 saturated heterocycles. The lowest BCUT2D eigenvalue weighted by Crippen LogP contribution is -2.27. The van der Waals surface area contributed by atoms with Gasteiger partial charge in [0, 0.05) is 22.8 Å². The standard InChI is InChI=1S/C25H26O4/c1-5-13-27-23-15-19(26-6-2)8-9-20(23)18-14-17-7-10-22-21(24(17)28-16-18)11-12-25(3,4)29-22/h5,7-12,14-15H,1,6,13,16H2,2-4H3. The summed E-state index contributed by atoms with van der Waals surface area (Å²) in [6, 6.07) is 9.95. The van der Waals surface area contributed by atoms with Crippen molar-refractivity contribution in [1.29, 1.82) is 0 Å². The molecule has 150 valence electrons. The first-order chi connectivity index (χ1) is 14.0. The largest absolute Gasteiger partial charge is 0.494 e. The molecule has 4 rings (SSSR count). The Bertz CT molecular complexity index is 998. The van der Waals surface area contributed by atoms with Crippen LogP contribution in [-0.2, 0) is 0 Å². The van der Waals surface area contributed by atoms with Crippen molar-refractivity contribution >= 4 is 17.7 Å². The zero-order valence-corrected chi connectivity index (χ0v) is 17.2. The molecule has 29 heavy (non-hydrogen) atoms. The molecule has 0 N–H and O–H groups in total. The molecule has 0 saturated carbocycles. The number of fused-ring (bicyclic) bond motifs is 3. The Hall–Kier alpha value is -3.14. The van der Waals surface area contributed by atoms with Gasteiger partial charge >= 0.3 is 0 Å². The summed E-state index contributed by atoms with van der Waals surface area (Å²) < 4.78 is 23.8. The second-order valence-corrected chi connectivity index (χ2v) is 7.58. The molecule has 2 aliphatic heterocycles. The van der Waals surface area contributed by atoms with E-state index in [1.807, 2.05) is 51.1 Å². The maximum absolute atomic E-state index is 6.19. The molecule has 4 nitrogen and oxygen atoms in total. The van der Waals surface area contributed by atoms with E-state index in [0.717, 1.165) is 45.3 Å². The number of rotatable bonds is 6. The fourth-order valence-corrected chi connectivity index (χ4v) is 3.55. The summed E-state index contributed by atoms with van der Waals surface area (Å²) in [4.78, 5) is 0. The highest BCUT2D eigenvalue weighted by Gasteiger charge is 2.27. The zero-order valence-electron chi connectivity index (χ0n) is 17.2. The molecule has 2 aromatic carbocycles. The second kappa shape index (κ2) is 7.70. The van der Waals surface area contributed by atoms with Crippen LogP contribution < -0.4 is 18.9 Å². The molecule has 0 radical (unpaired) electrons. The molecule has 0 aromatic heterocycles. The van der Waals surface area contributed by atoms with Crippen molar-refractivity contribution in [2.45, 2.75) is 26.4 Å². The third-order valence-corrected chi connectivity index (χ3v) is 4.88. The quantitative estimate of drug-likeness (QED) is 0.587. The Morgan fingerprint density at radius 3 is 2.83 bits per heavy atom. The van der Waals surface area contributed by atoms with E-state index in [1.54, 1.807) is 6.08 Å². The van der Waals surface area contributed by atoms with E-state index in [2.05, 4.69) is 24.8 Å². The fraction of sp³-hybridized carbons (Fsp3) is 0.280. The number of benzene rings is 2. The highest BCUT2D eigenvalue weighted by molar-refractivity contribution is 5.90. The first kappa shape index (κ1) is 19.2. The number of ether oxygens (including phenoxy) is 4. The van der Waals surface area contributed by atoms with Crippen LogP contribution in [0.1, 0.15) is 37.5 Å². The van der Waals surface area contributed by atoms with E-state index < -0.39 is 0 Å². The SMILES string of the molecule is C=CCOc1cc(OCC)ccc1C1=Cc2ccc3c(c2OC1)C=CC(C)(C)O3. The minimum atomic E-state index is -0.309. The summed E-state index contributed by atoms with van der Waals surface area (Å²) >= 11 is 0. The summed E-state index contributed by atoms with van der Waals surface area (Å²) in [7, 11) is 0. The first-order valence-electron chi connectivity index (χ1n) is 9.90. The molecule has 0 aliphatic carbocycles. The van der Waals surface area contributed by atoms with Gasteiger partial charge < -0.3 is 18.9 Å². The van der Waals surface area contributed by atoms with Gasteiger partial charge in [0.15, 0.2) is 0 Å². The topological polar surface area (TPSA) is 36.9 Å². The maximum Gasteiger partial charge on any atom is 0.137 e. The van der Waals surface area contributed by atoms with Gasteiger partial charge in [0.2, 0.25) is 0 Å². The molecule has 0 spiro atoms. The highest BCUT2D eigenvalue weighted by atomic mass is 16.5. The zero-order chi connectivity index (χ0) is 20.4. The van der Waals surface area contributed by atoms with Crippen LogP contribution in [0.15, 0.2) is 49.1 Å². The molecule has 0 atom stereocenters. The minimum Gasteiger partial charge on any atom is -0.494 e. The third kappa shape index (κ3) is 3.88. The van der Waals surface area contributed by atoms with Gasteiger partial charge in [-0.1, -0.05) is 12.7 Å². The third-order valence-electron chi connectivity index (χ3n) is 4.88. The Morgan fingerprint density at radius 1 is 1.17 bits per heavy atom. The highest BCUT2D eigenvalue weighted by Crippen LogP contribution is 2.43. The average Bonchev–Trinajstić information content (AvgIpc) is 2.71. The van der Waals surface area contributed by atoms with Crippen LogP contribution in [0.2, 0.25) is 0 Å². The van der Waals surface area contributed by atoms with E-state index in [-0.39, 0.29) is 5.60 Å². The summed E-state index contributed by atoms with van der Waals surface area (Å²) in [5, 5.41) is 0. The Kier molecular flexibility index (Phi) is 5.10.